The Morgan fingerprint density at radius 3 is 2.38 bits per heavy atom. The summed E-state index contributed by atoms with van der Waals surface area (Å²) in [6, 6.07) is 0. The van der Waals surface area contributed by atoms with Gasteiger partial charge in [0.15, 0.2) is 0 Å². The third kappa shape index (κ3) is 2.27. The van der Waals surface area contributed by atoms with Gasteiger partial charge in [-0.15, -0.1) is 0 Å². The molecule has 0 aromatic heterocycles. The molecule has 4 aliphatic rings. The fourth-order valence-corrected chi connectivity index (χ4v) is 8.05. The molecule has 4 aliphatic carbocycles. The standard InChI is InChI=1S/C22H36FN/c1-14(24-4)18-7-8-19-17-6-5-15-13-16(23)9-11-21(15,2)20(17)10-12-22(18,19)3/h15-20H,5-13H2,1-4H3/b24-14+/t15-,16-,17?,18+,19?,20?,21-,22+/m0/s1. The van der Waals surface area contributed by atoms with Gasteiger partial charge in [0.1, 0.15) is 6.17 Å². The first-order chi connectivity index (χ1) is 11.4. The van der Waals surface area contributed by atoms with Crippen molar-refractivity contribution in [3.05, 3.63) is 0 Å². The van der Waals surface area contributed by atoms with E-state index in [2.05, 4.69) is 25.8 Å². The molecule has 0 aromatic rings. The number of alkyl halides is 1. The SMILES string of the molecule is C/N=C(\C)[C@H]1CCC2C3CC[C@H]4C[C@@H](F)CC[C@]4(C)C3CC[C@@]21C. The van der Waals surface area contributed by atoms with E-state index in [1.807, 2.05) is 7.05 Å². The minimum Gasteiger partial charge on any atom is -0.297 e. The molecule has 2 heteroatoms. The van der Waals surface area contributed by atoms with Crippen LogP contribution in [0.1, 0.15) is 78.6 Å². The van der Waals surface area contributed by atoms with Gasteiger partial charge in [-0.3, -0.25) is 4.99 Å². The molecule has 0 N–H and O–H groups in total. The summed E-state index contributed by atoms with van der Waals surface area (Å²) in [6.07, 6.45) is 10.5. The van der Waals surface area contributed by atoms with Crippen LogP contribution in [0.15, 0.2) is 4.99 Å². The Morgan fingerprint density at radius 2 is 1.62 bits per heavy atom. The van der Waals surface area contributed by atoms with Crippen LogP contribution in [-0.4, -0.2) is 18.9 Å². The highest BCUT2D eigenvalue weighted by molar-refractivity contribution is 5.85. The van der Waals surface area contributed by atoms with Crippen molar-refractivity contribution in [2.75, 3.05) is 7.05 Å². The van der Waals surface area contributed by atoms with Crippen LogP contribution >= 0.6 is 0 Å². The molecule has 8 atom stereocenters. The van der Waals surface area contributed by atoms with Crippen LogP contribution in [0.2, 0.25) is 0 Å². The molecular formula is C22H36FN. The summed E-state index contributed by atoms with van der Waals surface area (Å²) in [4.78, 5) is 4.57. The fourth-order valence-electron chi connectivity index (χ4n) is 8.05. The van der Waals surface area contributed by atoms with Crippen LogP contribution in [0.4, 0.5) is 4.39 Å². The van der Waals surface area contributed by atoms with Gasteiger partial charge in [0.25, 0.3) is 0 Å². The number of nitrogens with zero attached hydrogens (tertiary/aromatic N) is 1. The van der Waals surface area contributed by atoms with Crippen molar-refractivity contribution in [3.63, 3.8) is 0 Å². The number of rotatable bonds is 1. The van der Waals surface area contributed by atoms with E-state index in [0.29, 0.717) is 22.7 Å². The van der Waals surface area contributed by atoms with Crippen molar-refractivity contribution in [1.82, 2.24) is 0 Å². The van der Waals surface area contributed by atoms with Gasteiger partial charge >= 0.3 is 0 Å². The lowest BCUT2D eigenvalue weighted by Crippen LogP contribution is -2.54. The molecular weight excluding hydrogens is 297 g/mol. The summed E-state index contributed by atoms with van der Waals surface area (Å²) in [5.74, 6) is 4.01. The molecule has 0 amide bonds. The second-order valence-electron chi connectivity index (χ2n) is 10.1. The predicted molar refractivity (Wildman–Crippen MR) is 99.1 cm³/mol. The van der Waals surface area contributed by atoms with E-state index in [9.17, 15) is 4.39 Å². The second kappa shape index (κ2) is 5.81. The van der Waals surface area contributed by atoms with Gasteiger partial charge in [-0.1, -0.05) is 13.8 Å². The second-order valence-corrected chi connectivity index (χ2v) is 10.1. The van der Waals surface area contributed by atoms with Gasteiger partial charge in [-0.2, -0.15) is 0 Å². The smallest absolute Gasteiger partial charge is 0.100 e. The lowest BCUT2D eigenvalue weighted by Gasteiger charge is -2.60. The van der Waals surface area contributed by atoms with Crippen LogP contribution in [0.5, 0.6) is 0 Å². The number of hydrogen-bond donors (Lipinski definition) is 0. The maximum Gasteiger partial charge on any atom is 0.100 e. The molecule has 0 spiro atoms. The highest BCUT2D eigenvalue weighted by atomic mass is 19.1. The highest BCUT2D eigenvalue weighted by Gasteiger charge is 2.60. The van der Waals surface area contributed by atoms with E-state index in [0.717, 1.165) is 37.0 Å². The van der Waals surface area contributed by atoms with Crippen molar-refractivity contribution in [3.8, 4) is 0 Å². The van der Waals surface area contributed by atoms with Crippen LogP contribution in [0.25, 0.3) is 0 Å². The Hall–Kier alpha value is -0.400. The molecule has 0 bridgehead atoms. The Bertz CT molecular complexity index is 528. The molecule has 4 rings (SSSR count). The summed E-state index contributed by atoms with van der Waals surface area (Å²) in [7, 11) is 1.97. The first-order valence-corrected chi connectivity index (χ1v) is 10.5. The highest BCUT2D eigenvalue weighted by Crippen LogP contribution is 2.67. The molecule has 4 fully saturated rings. The van der Waals surface area contributed by atoms with E-state index >= 15 is 0 Å². The van der Waals surface area contributed by atoms with E-state index < -0.39 is 6.17 Å². The minimum absolute atomic E-state index is 0.429. The maximum absolute atomic E-state index is 14.0. The molecule has 0 heterocycles. The lowest BCUT2D eigenvalue weighted by molar-refractivity contribution is -0.116. The Kier molecular flexibility index (Phi) is 4.12. The average molecular weight is 334 g/mol. The molecule has 1 nitrogen and oxygen atoms in total. The molecule has 0 radical (unpaired) electrons. The third-order valence-corrected chi connectivity index (χ3v) is 9.46. The largest absolute Gasteiger partial charge is 0.297 e. The van der Waals surface area contributed by atoms with E-state index in [4.69, 9.17) is 0 Å². The van der Waals surface area contributed by atoms with Crippen molar-refractivity contribution < 1.29 is 4.39 Å². The van der Waals surface area contributed by atoms with Gasteiger partial charge in [-0.05, 0) is 99.2 Å². The topological polar surface area (TPSA) is 12.4 Å². The first kappa shape index (κ1) is 17.0. The van der Waals surface area contributed by atoms with E-state index in [1.165, 1.54) is 44.2 Å². The van der Waals surface area contributed by atoms with Gasteiger partial charge in [0.2, 0.25) is 0 Å². The zero-order valence-electron chi connectivity index (χ0n) is 16.2. The number of aliphatic imine (C=N–C) groups is 1. The zero-order valence-corrected chi connectivity index (χ0v) is 16.2. The molecule has 3 unspecified atom stereocenters. The Morgan fingerprint density at radius 1 is 0.917 bits per heavy atom. The molecule has 24 heavy (non-hydrogen) atoms. The van der Waals surface area contributed by atoms with Crippen molar-refractivity contribution in [2.45, 2.75) is 84.7 Å². The molecule has 0 aliphatic heterocycles. The Labute approximate surface area is 147 Å². The number of hydrogen-bond acceptors (Lipinski definition) is 1. The third-order valence-electron chi connectivity index (χ3n) is 9.46. The van der Waals surface area contributed by atoms with Crippen molar-refractivity contribution in [1.29, 1.82) is 0 Å². The predicted octanol–water partition coefficient (Wildman–Crippen LogP) is 6.07. The fraction of sp³-hybridized carbons (Fsp3) is 0.955. The summed E-state index contributed by atoms with van der Waals surface area (Å²) in [5.41, 5.74) is 2.29. The molecule has 0 saturated heterocycles. The molecule has 0 aromatic carbocycles. The van der Waals surface area contributed by atoms with Crippen LogP contribution in [0.3, 0.4) is 0 Å². The lowest BCUT2D eigenvalue weighted by atomic mass is 9.44. The number of halogens is 1. The van der Waals surface area contributed by atoms with Crippen molar-refractivity contribution >= 4 is 5.71 Å². The average Bonchev–Trinajstić information content (AvgIpc) is 2.92. The van der Waals surface area contributed by atoms with E-state index in [-0.39, 0.29) is 0 Å². The van der Waals surface area contributed by atoms with Gasteiger partial charge in [0, 0.05) is 18.7 Å². The minimum atomic E-state index is -0.521. The van der Waals surface area contributed by atoms with Gasteiger partial charge < -0.3 is 0 Å². The quantitative estimate of drug-likeness (QED) is 0.516. The summed E-state index contributed by atoms with van der Waals surface area (Å²) < 4.78 is 14.0. The van der Waals surface area contributed by atoms with Crippen LogP contribution in [0, 0.1) is 40.4 Å². The van der Waals surface area contributed by atoms with Crippen molar-refractivity contribution in [2.24, 2.45) is 45.4 Å². The number of fused-ring (bicyclic) bond motifs is 5. The molecule has 136 valence electrons. The monoisotopic (exact) mass is 333 g/mol. The zero-order chi connectivity index (χ0) is 17.1. The van der Waals surface area contributed by atoms with Crippen LogP contribution in [-0.2, 0) is 0 Å². The summed E-state index contributed by atoms with van der Waals surface area (Å²) in [5, 5.41) is 0. The summed E-state index contributed by atoms with van der Waals surface area (Å²) in [6.45, 7) is 7.37. The van der Waals surface area contributed by atoms with Gasteiger partial charge in [-0.25, -0.2) is 4.39 Å². The normalized spacial score (nSPS) is 54.8. The summed E-state index contributed by atoms with van der Waals surface area (Å²) >= 11 is 0. The van der Waals surface area contributed by atoms with Crippen LogP contribution < -0.4 is 0 Å². The first-order valence-electron chi connectivity index (χ1n) is 10.5. The molecule has 4 saturated carbocycles. The van der Waals surface area contributed by atoms with E-state index in [1.54, 1.807) is 0 Å². The van der Waals surface area contributed by atoms with Gasteiger partial charge in [0.05, 0.1) is 0 Å². The Balaban J connectivity index is 1.61. The maximum atomic E-state index is 14.0.